The molecule has 0 bridgehead atoms. The smallest absolute Gasteiger partial charge is 0.0663 e. The Bertz CT molecular complexity index is 506. The number of ether oxygens (including phenoxy) is 1. The maximum atomic E-state index is 5.71. The van der Waals surface area contributed by atoms with Gasteiger partial charge >= 0.3 is 0 Å². The summed E-state index contributed by atoms with van der Waals surface area (Å²) in [4.78, 5) is 5.67. The van der Waals surface area contributed by atoms with Gasteiger partial charge in [0.1, 0.15) is 0 Å². The third-order valence-corrected chi connectivity index (χ3v) is 3.59. The predicted octanol–water partition coefficient (Wildman–Crippen LogP) is 2.56. The first-order valence-electron chi connectivity index (χ1n) is 6.20. The molecule has 3 nitrogen and oxygen atoms in total. The lowest BCUT2D eigenvalue weighted by Crippen LogP contribution is -2.26. The molecular formula is C14H18N2O. The molecule has 17 heavy (non-hydrogen) atoms. The molecule has 3 rings (SSSR count). The average molecular weight is 230 g/mol. The lowest BCUT2D eigenvalue weighted by atomic mass is 10.0. The molecule has 1 N–H and O–H groups in total. The zero-order chi connectivity index (χ0) is 11.7. The molecule has 90 valence electrons. The second-order valence-corrected chi connectivity index (χ2v) is 4.71. The second kappa shape index (κ2) is 4.51. The zero-order valence-corrected chi connectivity index (χ0v) is 10.1. The molecule has 0 amide bonds. The van der Waals surface area contributed by atoms with Crippen LogP contribution in [0.5, 0.6) is 0 Å². The number of likely N-dealkylation sites (N-methyl/N-ethyl adjacent to an activating group) is 1. The van der Waals surface area contributed by atoms with Gasteiger partial charge in [0.25, 0.3) is 0 Å². The summed E-state index contributed by atoms with van der Waals surface area (Å²) in [6.07, 6.45) is 3.13. The van der Waals surface area contributed by atoms with Gasteiger partial charge in [-0.3, -0.25) is 4.90 Å². The summed E-state index contributed by atoms with van der Waals surface area (Å²) in [5.41, 5.74) is 2.58. The molecule has 0 radical (unpaired) electrons. The average Bonchev–Trinajstić information content (AvgIpc) is 2.72. The van der Waals surface area contributed by atoms with Crippen LogP contribution in [-0.4, -0.2) is 36.7 Å². The Morgan fingerprint density at radius 1 is 1.35 bits per heavy atom. The monoisotopic (exact) mass is 230 g/mol. The number of benzene rings is 1. The standard InChI is InChI=1S/C14H18N2O/c1-16-8-3-9-17-10-14(16)12-4-2-5-13-11(12)6-7-15-13/h2,4-7,14-15H,3,8-10H2,1H3. The molecule has 1 atom stereocenters. The van der Waals surface area contributed by atoms with E-state index in [1.54, 1.807) is 0 Å². The first-order chi connectivity index (χ1) is 8.36. The molecule has 1 aliphatic heterocycles. The van der Waals surface area contributed by atoms with Crippen molar-refractivity contribution in [3.8, 4) is 0 Å². The van der Waals surface area contributed by atoms with Crippen LogP contribution in [-0.2, 0) is 4.74 Å². The van der Waals surface area contributed by atoms with Gasteiger partial charge in [-0.2, -0.15) is 0 Å². The lowest BCUT2D eigenvalue weighted by molar-refractivity contribution is 0.110. The summed E-state index contributed by atoms with van der Waals surface area (Å²) in [5.74, 6) is 0. The third-order valence-electron chi connectivity index (χ3n) is 3.59. The molecule has 2 aromatic rings. The first-order valence-corrected chi connectivity index (χ1v) is 6.20. The molecule has 3 heteroatoms. The quantitative estimate of drug-likeness (QED) is 0.815. The van der Waals surface area contributed by atoms with E-state index in [0.29, 0.717) is 6.04 Å². The topological polar surface area (TPSA) is 28.3 Å². The molecule has 1 fully saturated rings. The summed E-state index contributed by atoms with van der Waals surface area (Å²) in [6.45, 7) is 2.77. The number of H-pyrrole nitrogens is 1. The first kappa shape index (κ1) is 10.8. The Balaban J connectivity index is 2.03. The Kier molecular flexibility index (Phi) is 2.87. The molecule has 1 aromatic heterocycles. The predicted molar refractivity (Wildman–Crippen MR) is 69.1 cm³/mol. The van der Waals surface area contributed by atoms with Crippen molar-refractivity contribution in [3.63, 3.8) is 0 Å². The van der Waals surface area contributed by atoms with Crippen LogP contribution in [0.4, 0.5) is 0 Å². The molecule has 0 saturated carbocycles. The Morgan fingerprint density at radius 2 is 2.29 bits per heavy atom. The zero-order valence-electron chi connectivity index (χ0n) is 10.1. The van der Waals surface area contributed by atoms with Crippen LogP contribution >= 0.6 is 0 Å². The van der Waals surface area contributed by atoms with Crippen molar-refractivity contribution in [3.05, 3.63) is 36.0 Å². The fourth-order valence-corrected chi connectivity index (χ4v) is 2.62. The van der Waals surface area contributed by atoms with E-state index in [1.165, 1.54) is 16.5 Å². The van der Waals surface area contributed by atoms with Gasteiger partial charge in [0.2, 0.25) is 0 Å². The van der Waals surface area contributed by atoms with Crippen molar-refractivity contribution < 1.29 is 4.74 Å². The van der Waals surface area contributed by atoms with Crippen LogP contribution in [0.2, 0.25) is 0 Å². The van der Waals surface area contributed by atoms with Gasteiger partial charge in [-0.25, -0.2) is 0 Å². The lowest BCUT2D eigenvalue weighted by Gasteiger charge is -2.25. The van der Waals surface area contributed by atoms with Gasteiger partial charge in [0, 0.05) is 30.3 Å². The molecule has 1 unspecified atom stereocenters. The highest BCUT2D eigenvalue weighted by molar-refractivity contribution is 5.83. The maximum absolute atomic E-state index is 5.71. The SMILES string of the molecule is CN1CCCOCC1c1cccc2[nH]ccc12. The minimum atomic E-state index is 0.372. The number of hydrogen-bond acceptors (Lipinski definition) is 2. The van der Waals surface area contributed by atoms with Crippen LogP contribution in [0.3, 0.4) is 0 Å². The van der Waals surface area contributed by atoms with Crippen LogP contribution in [0.1, 0.15) is 18.0 Å². The number of hydrogen-bond donors (Lipinski definition) is 1. The summed E-state index contributed by atoms with van der Waals surface area (Å²) in [6, 6.07) is 8.98. The van der Waals surface area contributed by atoms with Crippen molar-refractivity contribution in [1.82, 2.24) is 9.88 Å². The van der Waals surface area contributed by atoms with Crippen LogP contribution in [0.15, 0.2) is 30.5 Å². The summed E-state index contributed by atoms with van der Waals surface area (Å²) in [5, 5.41) is 1.31. The van der Waals surface area contributed by atoms with Crippen molar-refractivity contribution in [2.45, 2.75) is 12.5 Å². The second-order valence-electron chi connectivity index (χ2n) is 4.71. The molecular weight excluding hydrogens is 212 g/mol. The highest BCUT2D eigenvalue weighted by Crippen LogP contribution is 2.28. The van der Waals surface area contributed by atoms with Gasteiger partial charge in [0.15, 0.2) is 0 Å². The largest absolute Gasteiger partial charge is 0.379 e. The van der Waals surface area contributed by atoms with E-state index in [1.807, 2.05) is 6.20 Å². The molecule has 0 aliphatic carbocycles. The van der Waals surface area contributed by atoms with Crippen LogP contribution in [0, 0.1) is 0 Å². The number of nitrogens with one attached hydrogen (secondary N) is 1. The normalized spacial score (nSPS) is 22.8. The van der Waals surface area contributed by atoms with E-state index >= 15 is 0 Å². The molecule has 1 aromatic carbocycles. The molecule has 0 spiro atoms. The molecule has 1 aliphatic rings. The number of aromatic amines is 1. The van der Waals surface area contributed by atoms with Gasteiger partial charge in [-0.15, -0.1) is 0 Å². The Labute approximate surface area is 101 Å². The van der Waals surface area contributed by atoms with E-state index in [2.05, 4.69) is 41.2 Å². The minimum Gasteiger partial charge on any atom is -0.379 e. The number of fused-ring (bicyclic) bond motifs is 1. The van der Waals surface area contributed by atoms with Gasteiger partial charge < -0.3 is 9.72 Å². The molecule has 1 saturated heterocycles. The van der Waals surface area contributed by atoms with E-state index in [4.69, 9.17) is 4.74 Å². The Morgan fingerprint density at radius 3 is 3.24 bits per heavy atom. The van der Waals surface area contributed by atoms with E-state index in [-0.39, 0.29) is 0 Å². The van der Waals surface area contributed by atoms with Gasteiger partial charge in [0.05, 0.1) is 12.6 Å². The number of rotatable bonds is 1. The van der Waals surface area contributed by atoms with Gasteiger partial charge in [-0.05, 0) is 31.2 Å². The fourth-order valence-electron chi connectivity index (χ4n) is 2.62. The summed E-state index contributed by atoms with van der Waals surface area (Å²) >= 11 is 0. The maximum Gasteiger partial charge on any atom is 0.0663 e. The fraction of sp³-hybridized carbons (Fsp3) is 0.429. The van der Waals surface area contributed by atoms with Gasteiger partial charge in [-0.1, -0.05) is 12.1 Å². The number of nitrogens with zero attached hydrogens (tertiary/aromatic N) is 1. The van der Waals surface area contributed by atoms with E-state index < -0.39 is 0 Å². The summed E-state index contributed by atoms with van der Waals surface area (Å²) < 4.78 is 5.71. The van der Waals surface area contributed by atoms with E-state index in [9.17, 15) is 0 Å². The minimum absolute atomic E-state index is 0.372. The highest BCUT2D eigenvalue weighted by atomic mass is 16.5. The van der Waals surface area contributed by atoms with Crippen molar-refractivity contribution in [2.24, 2.45) is 0 Å². The number of aromatic nitrogens is 1. The van der Waals surface area contributed by atoms with Crippen molar-refractivity contribution in [2.75, 3.05) is 26.8 Å². The third kappa shape index (κ3) is 1.96. The van der Waals surface area contributed by atoms with E-state index in [0.717, 1.165) is 26.2 Å². The Hall–Kier alpha value is -1.32. The summed E-state index contributed by atoms with van der Waals surface area (Å²) in [7, 11) is 2.19. The van der Waals surface area contributed by atoms with Crippen molar-refractivity contribution >= 4 is 10.9 Å². The van der Waals surface area contributed by atoms with Crippen LogP contribution in [0.25, 0.3) is 10.9 Å². The van der Waals surface area contributed by atoms with Crippen LogP contribution < -0.4 is 0 Å². The highest BCUT2D eigenvalue weighted by Gasteiger charge is 2.21. The van der Waals surface area contributed by atoms with Crippen molar-refractivity contribution in [1.29, 1.82) is 0 Å². The molecule has 2 heterocycles.